The zero-order chi connectivity index (χ0) is 19.2. The van der Waals surface area contributed by atoms with Crippen LogP contribution in [0.1, 0.15) is 0 Å². The molecule has 138 valence electrons. The van der Waals surface area contributed by atoms with E-state index in [1.165, 1.54) is 4.80 Å². The zero-order valence-corrected chi connectivity index (χ0v) is 17.1. The highest BCUT2D eigenvalue weighted by Crippen LogP contribution is 2.20. The first-order valence-corrected chi connectivity index (χ1v) is 9.45. The van der Waals surface area contributed by atoms with Crippen LogP contribution in [-0.2, 0) is 16.1 Å². The molecule has 3 rings (SSSR count). The molecule has 27 heavy (non-hydrogen) atoms. The predicted molar refractivity (Wildman–Crippen MR) is 107 cm³/mol. The average molecular weight is 494 g/mol. The van der Waals surface area contributed by atoms with Gasteiger partial charge in [0.05, 0.1) is 12.2 Å². The van der Waals surface area contributed by atoms with Gasteiger partial charge in [0.25, 0.3) is 0 Å². The molecule has 10 heteroatoms. The Morgan fingerprint density at radius 2 is 1.74 bits per heavy atom. The highest BCUT2D eigenvalue weighted by atomic mass is 79.9. The third kappa shape index (κ3) is 5.44. The molecule has 0 saturated heterocycles. The lowest BCUT2D eigenvalue weighted by atomic mass is 10.2. The smallest absolute Gasteiger partial charge is 0.244 e. The number of hydrogen-bond donors (Lipinski definition) is 2. The van der Waals surface area contributed by atoms with Crippen LogP contribution in [0.4, 0.5) is 5.69 Å². The van der Waals surface area contributed by atoms with Gasteiger partial charge in [0.2, 0.25) is 17.6 Å². The second-order valence-corrected chi connectivity index (χ2v) is 7.23. The van der Waals surface area contributed by atoms with Crippen LogP contribution in [0, 0.1) is 0 Å². The van der Waals surface area contributed by atoms with Crippen molar-refractivity contribution in [2.75, 3.05) is 11.9 Å². The van der Waals surface area contributed by atoms with Gasteiger partial charge in [0, 0.05) is 14.5 Å². The van der Waals surface area contributed by atoms with E-state index >= 15 is 0 Å². The molecule has 1 aromatic heterocycles. The van der Waals surface area contributed by atoms with Gasteiger partial charge in [-0.3, -0.25) is 9.59 Å². The fourth-order valence-corrected chi connectivity index (χ4v) is 2.79. The topological polar surface area (TPSA) is 102 Å². The SMILES string of the molecule is O=C(Cn1nnc(-c2ccc(Br)cc2)n1)NCC(=O)Nc1ccccc1Br. The molecule has 0 bridgehead atoms. The highest BCUT2D eigenvalue weighted by molar-refractivity contribution is 9.10. The standard InChI is InChI=1S/C17H14Br2N6O2/c18-12-7-5-11(6-8-12)17-22-24-25(23-17)10-16(27)20-9-15(26)21-14-4-2-1-3-13(14)19/h1-8H,9-10H2,(H,20,27)(H,21,26). The summed E-state index contributed by atoms with van der Waals surface area (Å²) in [5.74, 6) is -0.309. The van der Waals surface area contributed by atoms with Gasteiger partial charge in [0.1, 0.15) is 6.54 Å². The maximum absolute atomic E-state index is 12.0. The van der Waals surface area contributed by atoms with Crippen LogP contribution < -0.4 is 10.6 Å². The Labute approximate surface area is 171 Å². The van der Waals surface area contributed by atoms with Crippen LogP contribution in [-0.4, -0.2) is 38.6 Å². The van der Waals surface area contributed by atoms with Crippen LogP contribution >= 0.6 is 31.9 Å². The highest BCUT2D eigenvalue weighted by Gasteiger charge is 2.11. The van der Waals surface area contributed by atoms with E-state index in [0.29, 0.717) is 11.5 Å². The molecule has 3 aromatic rings. The monoisotopic (exact) mass is 492 g/mol. The first kappa shape index (κ1) is 19.2. The van der Waals surface area contributed by atoms with Crippen LogP contribution in [0.2, 0.25) is 0 Å². The largest absolute Gasteiger partial charge is 0.345 e. The maximum atomic E-state index is 12.0. The Morgan fingerprint density at radius 1 is 1.00 bits per heavy atom. The van der Waals surface area contributed by atoms with Crippen molar-refractivity contribution < 1.29 is 9.59 Å². The van der Waals surface area contributed by atoms with E-state index in [0.717, 1.165) is 14.5 Å². The Hall–Kier alpha value is -2.59. The third-order valence-corrected chi connectivity index (χ3v) is 4.65. The van der Waals surface area contributed by atoms with Crippen molar-refractivity contribution in [2.24, 2.45) is 0 Å². The number of para-hydroxylation sites is 1. The first-order valence-electron chi connectivity index (χ1n) is 7.86. The average Bonchev–Trinajstić information content (AvgIpc) is 3.11. The van der Waals surface area contributed by atoms with Crippen molar-refractivity contribution in [2.45, 2.75) is 6.54 Å². The summed E-state index contributed by atoms with van der Waals surface area (Å²) in [6, 6.07) is 14.6. The van der Waals surface area contributed by atoms with Crippen molar-refractivity contribution in [1.29, 1.82) is 0 Å². The summed E-state index contributed by atoms with van der Waals surface area (Å²) in [6.45, 7) is -0.291. The molecule has 0 saturated carbocycles. The van der Waals surface area contributed by atoms with Crippen LogP contribution in [0.3, 0.4) is 0 Å². The van der Waals surface area contributed by atoms with E-state index in [1.54, 1.807) is 12.1 Å². The number of nitrogens with one attached hydrogen (secondary N) is 2. The minimum absolute atomic E-state index is 0.133. The van der Waals surface area contributed by atoms with E-state index in [-0.39, 0.29) is 19.0 Å². The lowest BCUT2D eigenvalue weighted by Gasteiger charge is -2.08. The molecular formula is C17H14Br2N6O2. The Bertz CT molecular complexity index is 958. The van der Waals surface area contributed by atoms with E-state index < -0.39 is 5.91 Å². The summed E-state index contributed by atoms with van der Waals surface area (Å²) in [5.41, 5.74) is 1.42. The summed E-state index contributed by atoms with van der Waals surface area (Å²) in [4.78, 5) is 25.1. The number of benzene rings is 2. The van der Waals surface area contributed by atoms with Crippen LogP contribution in [0.25, 0.3) is 11.4 Å². The van der Waals surface area contributed by atoms with Gasteiger partial charge in [-0.1, -0.05) is 28.1 Å². The van der Waals surface area contributed by atoms with Gasteiger partial charge in [-0.25, -0.2) is 0 Å². The summed E-state index contributed by atoms with van der Waals surface area (Å²) < 4.78 is 1.70. The molecule has 2 N–H and O–H groups in total. The molecule has 2 aromatic carbocycles. The normalized spacial score (nSPS) is 10.4. The van der Waals surface area contributed by atoms with E-state index in [4.69, 9.17) is 0 Å². The van der Waals surface area contributed by atoms with Gasteiger partial charge >= 0.3 is 0 Å². The number of rotatable bonds is 6. The second kappa shape index (κ2) is 8.87. The summed E-state index contributed by atoms with van der Waals surface area (Å²) >= 11 is 6.70. The van der Waals surface area contributed by atoms with Crippen LogP contribution in [0.15, 0.2) is 57.5 Å². The molecule has 2 amide bonds. The molecule has 0 aliphatic heterocycles. The molecule has 8 nitrogen and oxygen atoms in total. The van der Waals surface area contributed by atoms with Gasteiger partial charge in [0.15, 0.2) is 0 Å². The van der Waals surface area contributed by atoms with Crippen molar-refractivity contribution in [1.82, 2.24) is 25.5 Å². The molecule has 0 aliphatic carbocycles. The maximum Gasteiger partial charge on any atom is 0.244 e. The zero-order valence-electron chi connectivity index (χ0n) is 13.9. The van der Waals surface area contributed by atoms with Crippen molar-refractivity contribution in [3.63, 3.8) is 0 Å². The predicted octanol–water partition coefficient (Wildman–Crippen LogP) is 2.62. The number of tetrazole rings is 1. The van der Waals surface area contributed by atoms with Crippen LogP contribution in [0.5, 0.6) is 0 Å². The number of carbonyl (C=O) groups excluding carboxylic acids is 2. The fraction of sp³-hybridized carbons (Fsp3) is 0.118. The van der Waals surface area contributed by atoms with Gasteiger partial charge < -0.3 is 10.6 Å². The minimum Gasteiger partial charge on any atom is -0.345 e. The third-order valence-electron chi connectivity index (χ3n) is 3.43. The van der Waals surface area contributed by atoms with Crippen molar-refractivity contribution in [3.05, 3.63) is 57.5 Å². The fourth-order valence-electron chi connectivity index (χ4n) is 2.14. The Kier molecular flexibility index (Phi) is 6.30. The Morgan fingerprint density at radius 3 is 2.48 bits per heavy atom. The summed E-state index contributed by atoms with van der Waals surface area (Å²) in [5, 5.41) is 17.2. The van der Waals surface area contributed by atoms with Crippen molar-refractivity contribution in [3.8, 4) is 11.4 Å². The number of aromatic nitrogens is 4. The lowest BCUT2D eigenvalue weighted by molar-refractivity contribution is -0.124. The Balaban J connectivity index is 1.50. The van der Waals surface area contributed by atoms with E-state index in [9.17, 15) is 9.59 Å². The van der Waals surface area contributed by atoms with E-state index in [1.807, 2.05) is 36.4 Å². The number of nitrogens with zero attached hydrogens (tertiary/aromatic N) is 4. The van der Waals surface area contributed by atoms with Crippen molar-refractivity contribution >= 4 is 49.4 Å². The van der Waals surface area contributed by atoms with Gasteiger partial charge in [-0.05, 0) is 57.5 Å². The summed E-state index contributed by atoms with van der Waals surface area (Å²) in [7, 11) is 0. The molecule has 0 aliphatic rings. The lowest BCUT2D eigenvalue weighted by Crippen LogP contribution is -2.35. The molecule has 0 unspecified atom stereocenters. The minimum atomic E-state index is -0.392. The molecule has 0 spiro atoms. The number of anilines is 1. The molecular weight excluding hydrogens is 480 g/mol. The first-order chi connectivity index (χ1) is 13.0. The van der Waals surface area contributed by atoms with Gasteiger partial charge in [-0.15, -0.1) is 10.2 Å². The van der Waals surface area contributed by atoms with Gasteiger partial charge in [-0.2, -0.15) is 4.80 Å². The number of halogens is 2. The number of carbonyl (C=O) groups is 2. The summed E-state index contributed by atoms with van der Waals surface area (Å²) in [6.07, 6.45) is 0. The van der Waals surface area contributed by atoms with E-state index in [2.05, 4.69) is 57.9 Å². The number of hydrogen-bond acceptors (Lipinski definition) is 5. The molecule has 0 atom stereocenters. The number of amides is 2. The molecule has 0 radical (unpaired) electrons. The molecule has 1 heterocycles. The quantitative estimate of drug-likeness (QED) is 0.549. The molecule has 0 fully saturated rings. The second-order valence-electron chi connectivity index (χ2n) is 5.46.